The van der Waals surface area contributed by atoms with Crippen LogP contribution in [0.25, 0.3) is 0 Å². The summed E-state index contributed by atoms with van der Waals surface area (Å²) in [5.74, 6) is -2.19. The van der Waals surface area contributed by atoms with E-state index in [0.717, 1.165) is 18.9 Å². The number of carbonyl (C=O) groups is 2. The number of halogens is 2. The molecule has 132 valence electrons. The highest BCUT2D eigenvalue weighted by Crippen LogP contribution is 2.41. The van der Waals surface area contributed by atoms with E-state index in [-0.39, 0.29) is 19.5 Å². The van der Waals surface area contributed by atoms with Crippen molar-refractivity contribution >= 4 is 12.0 Å². The normalized spacial score (nSPS) is 16.0. The fraction of sp³-hybridized carbons (Fsp3) is 0.529. The van der Waals surface area contributed by atoms with Crippen molar-refractivity contribution in [3.8, 4) is 0 Å². The minimum Gasteiger partial charge on any atom is -0.481 e. The van der Waals surface area contributed by atoms with Crippen molar-refractivity contribution in [2.75, 3.05) is 20.1 Å². The maximum absolute atomic E-state index is 14.2. The zero-order valence-electron chi connectivity index (χ0n) is 13.6. The molecule has 0 atom stereocenters. The first kappa shape index (κ1) is 18.2. The number of benzene rings is 1. The topological polar surface area (TPSA) is 69.6 Å². The van der Waals surface area contributed by atoms with Gasteiger partial charge in [-0.2, -0.15) is 0 Å². The number of nitrogens with one attached hydrogen (secondary N) is 1. The molecule has 1 aromatic carbocycles. The Labute approximate surface area is 139 Å². The summed E-state index contributed by atoms with van der Waals surface area (Å²) in [5, 5.41) is 11.4. The smallest absolute Gasteiger partial charge is 0.317 e. The van der Waals surface area contributed by atoms with Crippen LogP contribution in [-0.2, 0) is 10.2 Å². The molecule has 1 saturated carbocycles. The molecule has 1 aliphatic carbocycles. The average molecular weight is 340 g/mol. The zero-order valence-corrected chi connectivity index (χ0v) is 13.6. The Hall–Kier alpha value is -2.18. The third-order valence-corrected chi connectivity index (χ3v) is 4.65. The van der Waals surface area contributed by atoms with Crippen molar-refractivity contribution in [3.63, 3.8) is 0 Å². The molecule has 2 amide bonds. The fourth-order valence-corrected chi connectivity index (χ4v) is 3.26. The van der Waals surface area contributed by atoms with Crippen molar-refractivity contribution in [1.82, 2.24) is 10.2 Å². The van der Waals surface area contributed by atoms with Gasteiger partial charge in [0, 0.05) is 31.6 Å². The Bertz CT molecular complexity index is 616. The zero-order chi connectivity index (χ0) is 17.7. The molecule has 7 heteroatoms. The van der Waals surface area contributed by atoms with Crippen LogP contribution in [0.3, 0.4) is 0 Å². The number of carbonyl (C=O) groups excluding carboxylic acids is 1. The number of nitrogens with zero attached hydrogens (tertiary/aromatic N) is 1. The maximum Gasteiger partial charge on any atom is 0.317 e. The van der Waals surface area contributed by atoms with E-state index in [1.807, 2.05) is 0 Å². The van der Waals surface area contributed by atoms with Crippen LogP contribution < -0.4 is 5.32 Å². The number of aliphatic carboxylic acids is 1. The highest BCUT2D eigenvalue weighted by Gasteiger charge is 2.38. The second-order valence-electron chi connectivity index (χ2n) is 6.34. The van der Waals surface area contributed by atoms with Gasteiger partial charge in [0.1, 0.15) is 11.6 Å². The van der Waals surface area contributed by atoms with Crippen LogP contribution in [0, 0.1) is 11.6 Å². The van der Waals surface area contributed by atoms with E-state index in [1.165, 1.54) is 24.1 Å². The summed E-state index contributed by atoms with van der Waals surface area (Å²) in [6, 6.07) is 3.16. The number of carboxylic acid groups (broad SMARTS) is 1. The predicted octanol–water partition coefficient (Wildman–Crippen LogP) is 2.89. The quantitative estimate of drug-likeness (QED) is 0.836. The van der Waals surface area contributed by atoms with E-state index in [0.29, 0.717) is 18.4 Å². The highest BCUT2D eigenvalue weighted by atomic mass is 19.1. The van der Waals surface area contributed by atoms with Gasteiger partial charge in [0.15, 0.2) is 0 Å². The Morgan fingerprint density at radius 3 is 2.54 bits per heavy atom. The van der Waals surface area contributed by atoms with E-state index in [9.17, 15) is 18.4 Å². The Morgan fingerprint density at radius 1 is 1.29 bits per heavy atom. The molecule has 0 saturated heterocycles. The second kappa shape index (κ2) is 7.59. The van der Waals surface area contributed by atoms with Gasteiger partial charge in [0.05, 0.1) is 6.42 Å². The van der Waals surface area contributed by atoms with Gasteiger partial charge in [0.2, 0.25) is 0 Å². The van der Waals surface area contributed by atoms with Gasteiger partial charge in [0.25, 0.3) is 0 Å². The lowest BCUT2D eigenvalue weighted by molar-refractivity contribution is -0.137. The van der Waals surface area contributed by atoms with E-state index in [2.05, 4.69) is 5.32 Å². The molecule has 0 aromatic heterocycles. The summed E-state index contributed by atoms with van der Waals surface area (Å²) < 4.78 is 27.4. The molecule has 1 fully saturated rings. The summed E-state index contributed by atoms with van der Waals surface area (Å²) in [6.07, 6.45) is 3.13. The molecule has 2 N–H and O–H groups in total. The van der Waals surface area contributed by atoms with Gasteiger partial charge >= 0.3 is 12.0 Å². The van der Waals surface area contributed by atoms with Crippen LogP contribution in [0.4, 0.5) is 13.6 Å². The van der Waals surface area contributed by atoms with Crippen molar-refractivity contribution in [3.05, 3.63) is 35.4 Å². The summed E-state index contributed by atoms with van der Waals surface area (Å²) >= 11 is 0. The van der Waals surface area contributed by atoms with Gasteiger partial charge in [-0.3, -0.25) is 4.79 Å². The third kappa shape index (κ3) is 4.21. The first-order valence-corrected chi connectivity index (χ1v) is 8.00. The van der Waals surface area contributed by atoms with Gasteiger partial charge < -0.3 is 15.3 Å². The summed E-state index contributed by atoms with van der Waals surface area (Å²) in [4.78, 5) is 23.9. The minimum absolute atomic E-state index is 0.0963. The van der Waals surface area contributed by atoms with Crippen LogP contribution in [0.1, 0.15) is 37.7 Å². The maximum atomic E-state index is 14.2. The third-order valence-electron chi connectivity index (χ3n) is 4.65. The summed E-state index contributed by atoms with van der Waals surface area (Å²) in [7, 11) is 1.51. The Kier molecular flexibility index (Phi) is 5.75. The number of hydrogen-bond acceptors (Lipinski definition) is 2. The second-order valence-corrected chi connectivity index (χ2v) is 6.34. The number of rotatable bonds is 6. The lowest BCUT2D eigenvalue weighted by Crippen LogP contribution is -2.45. The van der Waals surface area contributed by atoms with Gasteiger partial charge in [-0.25, -0.2) is 13.6 Å². The predicted molar refractivity (Wildman–Crippen MR) is 84.8 cm³/mol. The molecule has 24 heavy (non-hydrogen) atoms. The molecule has 0 heterocycles. The number of carboxylic acids is 1. The summed E-state index contributed by atoms with van der Waals surface area (Å²) in [6.45, 7) is 0.338. The lowest BCUT2D eigenvalue weighted by Gasteiger charge is -2.31. The largest absolute Gasteiger partial charge is 0.481 e. The van der Waals surface area contributed by atoms with Crippen LogP contribution >= 0.6 is 0 Å². The molecule has 1 aliphatic rings. The van der Waals surface area contributed by atoms with E-state index in [1.54, 1.807) is 0 Å². The molecule has 0 radical (unpaired) electrons. The number of hydrogen-bond donors (Lipinski definition) is 2. The molecule has 0 bridgehead atoms. The molecule has 0 aliphatic heterocycles. The molecule has 0 unspecified atom stereocenters. The molecule has 5 nitrogen and oxygen atoms in total. The van der Waals surface area contributed by atoms with Crippen molar-refractivity contribution in [1.29, 1.82) is 0 Å². The van der Waals surface area contributed by atoms with Gasteiger partial charge in [-0.15, -0.1) is 0 Å². The lowest BCUT2D eigenvalue weighted by atomic mass is 9.78. The van der Waals surface area contributed by atoms with E-state index >= 15 is 0 Å². The van der Waals surface area contributed by atoms with Crippen LogP contribution in [0.15, 0.2) is 18.2 Å². The Morgan fingerprint density at radius 2 is 1.96 bits per heavy atom. The first-order valence-electron chi connectivity index (χ1n) is 8.00. The van der Waals surface area contributed by atoms with E-state index < -0.39 is 29.0 Å². The standard InChI is InChI=1S/C17H22F2N2O3/c1-21(9-6-15(22)23)16(24)20-11-17(7-2-3-8-17)13-5-4-12(18)10-14(13)19/h4-5,10H,2-3,6-9,11H2,1H3,(H,20,24)(H,22,23). The van der Waals surface area contributed by atoms with Crippen LogP contribution in [-0.4, -0.2) is 42.1 Å². The highest BCUT2D eigenvalue weighted by molar-refractivity contribution is 5.75. The van der Waals surface area contributed by atoms with Gasteiger partial charge in [-0.1, -0.05) is 18.9 Å². The first-order chi connectivity index (χ1) is 11.3. The SMILES string of the molecule is CN(CCC(=O)O)C(=O)NCC1(c2ccc(F)cc2F)CCCC1. The average Bonchev–Trinajstić information content (AvgIpc) is 3.00. The molecule has 2 rings (SSSR count). The molecule has 0 spiro atoms. The molecule has 1 aromatic rings. The number of urea groups is 1. The van der Waals surface area contributed by atoms with Gasteiger partial charge in [-0.05, 0) is 24.5 Å². The minimum atomic E-state index is -0.977. The van der Waals surface area contributed by atoms with Crippen molar-refractivity contribution < 1.29 is 23.5 Å². The fourth-order valence-electron chi connectivity index (χ4n) is 3.26. The summed E-state index contributed by atoms with van der Waals surface area (Å²) in [5.41, 5.74) is -0.115. The van der Waals surface area contributed by atoms with Crippen LogP contribution in [0.2, 0.25) is 0 Å². The monoisotopic (exact) mass is 340 g/mol. The van der Waals surface area contributed by atoms with E-state index in [4.69, 9.17) is 5.11 Å². The molecular weight excluding hydrogens is 318 g/mol. The van der Waals surface area contributed by atoms with Crippen molar-refractivity contribution in [2.45, 2.75) is 37.5 Å². The number of amides is 2. The Balaban J connectivity index is 2.06. The van der Waals surface area contributed by atoms with Crippen LogP contribution in [0.5, 0.6) is 0 Å². The molecular formula is C17H22F2N2O3. The van der Waals surface area contributed by atoms with Crippen molar-refractivity contribution in [2.24, 2.45) is 0 Å².